The molecule has 1 heterocycles. The van der Waals surface area contributed by atoms with Crippen molar-refractivity contribution in [3.8, 4) is 5.75 Å². The van der Waals surface area contributed by atoms with E-state index in [9.17, 15) is 27.6 Å². The quantitative estimate of drug-likeness (QED) is 0.165. The van der Waals surface area contributed by atoms with Gasteiger partial charge >= 0.3 is 18.4 Å². The number of ether oxygens (including phenoxy) is 1. The van der Waals surface area contributed by atoms with Gasteiger partial charge in [-0.15, -0.1) is 13.2 Å². The minimum Gasteiger partial charge on any atom is -0.481 e. The number of carboxylic acid groups (broad SMARTS) is 1. The van der Waals surface area contributed by atoms with Crippen LogP contribution >= 0.6 is 11.3 Å². The maximum Gasteiger partial charge on any atom is 0.573 e. The minimum absolute atomic E-state index is 0.000796. The predicted molar refractivity (Wildman–Crippen MR) is 165 cm³/mol. The number of amides is 3. The van der Waals surface area contributed by atoms with Crippen LogP contribution in [-0.4, -0.2) is 40.9 Å². The summed E-state index contributed by atoms with van der Waals surface area (Å²) in [6.07, 6.45) is 1.53. The van der Waals surface area contributed by atoms with Crippen molar-refractivity contribution < 1.29 is 37.4 Å². The highest BCUT2D eigenvalue weighted by Gasteiger charge is 2.31. The Kier molecular flexibility index (Phi) is 9.67. The second kappa shape index (κ2) is 13.8. The van der Waals surface area contributed by atoms with Gasteiger partial charge in [-0.1, -0.05) is 41.7 Å². The summed E-state index contributed by atoms with van der Waals surface area (Å²) in [6, 6.07) is 17.5. The molecule has 5 rings (SSSR count). The van der Waals surface area contributed by atoms with E-state index in [0.29, 0.717) is 27.0 Å². The number of hydrogen-bond donors (Lipinski definition) is 3. The van der Waals surface area contributed by atoms with Gasteiger partial charge < -0.3 is 15.2 Å². The minimum atomic E-state index is -4.83. The number of aromatic nitrogens is 1. The highest BCUT2D eigenvalue weighted by atomic mass is 32.1. The topological polar surface area (TPSA) is 121 Å². The maximum absolute atomic E-state index is 13.7. The van der Waals surface area contributed by atoms with Crippen molar-refractivity contribution in [2.75, 3.05) is 16.8 Å². The molecule has 9 nitrogen and oxygen atoms in total. The normalized spacial score (nSPS) is 13.2. The van der Waals surface area contributed by atoms with Crippen LogP contribution in [0.25, 0.3) is 15.8 Å². The Hall–Kier alpha value is -4.91. The largest absolute Gasteiger partial charge is 0.573 e. The van der Waals surface area contributed by atoms with Crippen molar-refractivity contribution in [2.24, 2.45) is 0 Å². The van der Waals surface area contributed by atoms with E-state index in [1.807, 2.05) is 24.3 Å². The Balaban J connectivity index is 1.36. The van der Waals surface area contributed by atoms with Crippen LogP contribution in [0.3, 0.4) is 0 Å². The second-order valence-electron chi connectivity index (χ2n) is 10.3. The average molecular weight is 639 g/mol. The summed E-state index contributed by atoms with van der Waals surface area (Å²) in [7, 11) is 0. The van der Waals surface area contributed by atoms with Crippen LogP contribution in [0.15, 0.2) is 72.8 Å². The number of rotatable bonds is 10. The van der Waals surface area contributed by atoms with Crippen LogP contribution in [-0.2, 0) is 11.3 Å². The van der Waals surface area contributed by atoms with Crippen LogP contribution < -0.4 is 20.3 Å². The summed E-state index contributed by atoms with van der Waals surface area (Å²) in [6.45, 7) is 0.127. The number of alkyl halides is 3. The van der Waals surface area contributed by atoms with E-state index < -0.39 is 24.3 Å². The van der Waals surface area contributed by atoms with E-state index in [-0.39, 0.29) is 30.4 Å². The number of fused-ring (bicyclic) bond motifs is 1. The highest BCUT2D eigenvalue weighted by molar-refractivity contribution is 7.22. The third-order valence-corrected chi connectivity index (χ3v) is 8.01. The second-order valence-corrected chi connectivity index (χ2v) is 11.4. The molecule has 3 N–H and O–H groups in total. The van der Waals surface area contributed by atoms with Crippen LogP contribution in [0.1, 0.15) is 53.6 Å². The number of halogens is 3. The molecule has 0 saturated heterocycles. The first-order chi connectivity index (χ1) is 21.5. The van der Waals surface area contributed by atoms with Gasteiger partial charge in [0.15, 0.2) is 5.13 Å². The van der Waals surface area contributed by atoms with E-state index in [0.717, 1.165) is 42.2 Å². The van der Waals surface area contributed by atoms with Crippen LogP contribution in [0.5, 0.6) is 5.75 Å². The number of aliphatic carboxylic acids is 1. The van der Waals surface area contributed by atoms with Gasteiger partial charge in [-0.25, -0.2) is 9.78 Å². The molecule has 0 spiro atoms. The first kappa shape index (κ1) is 31.5. The van der Waals surface area contributed by atoms with Crippen molar-refractivity contribution in [3.63, 3.8) is 0 Å². The van der Waals surface area contributed by atoms with E-state index >= 15 is 0 Å². The number of allylic oxidation sites excluding steroid dienone is 2. The SMILES string of the molecule is O=C(O)CCNC(=O)c1ccc(CN(C(=O)Nc2nc3ccc(OC(F)(F)F)cc3s2)c2ccc(C3=CCCCC3)cc2)cc1. The Morgan fingerprint density at radius 3 is 2.42 bits per heavy atom. The van der Waals surface area contributed by atoms with Crippen molar-refractivity contribution in [1.29, 1.82) is 0 Å². The Morgan fingerprint density at radius 2 is 1.76 bits per heavy atom. The molecule has 1 aliphatic rings. The number of nitrogens with zero attached hydrogens (tertiary/aromatic N) is 2. The van der Waals surface area contributed by atoms with Gasteiger partial charge in [0.25, 0.3) is 5.91 Å². The molecule has 3 amide bonds. The summed E-state index contributed by atoms with van der Waals surface area (Å²) < 4.78 is 42.4. The van der Waals surface area contributed by atoms with Crippen LogP contribution in [0.2, 0.25) is 0 Å². The number of anilines is 2. The molecule has 0 saturated carbocycles. The zero-order valence-electron chi connectivity index (χ0n) is 23.9. The fourth-order valence-corrected chi connectivity index (χ4v) is 5.76. The molecule has 45 heavy (non-hydrogen) atoms. The lowest BCUT2D eigenvalue weighted by atomic mass is 9.93. The molecule has 0 radical (unpaired) electrons. The Labute approximate surface area is 260 Å². The molecule has 0 aliphatic heterocycles. The molecule has 0 atom stereocenters. The predicted octanol–water partition coefficient (Wildman–Crippen LogP) is 7.60. The Bertz CT molecular complexity index is 1720. The van der Waals surface area contributed by atoms with E-state index in [4.69, 9.17) is 5.11 Å². The van der Waals surface area contributed by atoms with Gasteiger partial charge in [0.1, 0.15) is 5.75 Å². The third-order valence-electron chi connectivity index (χ3n) is 7.07. The van der Waals surface area contributed by atoms with Crippen LogP contribution in [0.4, 0.5) is 28.8 Å². The molecule has 4 aromatic rings. The molecule has 1 aromatic heterocycles. The summed E-state index contributed by atoms with van der Waals surface area (Å²) >= 11 is 1.01. The number of benzene rings is 3. The third kappa shape index (κ3) is 8.60. The summed E-state index contributed by atoms with van der Waals surface area (Å²) in [5.74, 6) is -1.81. The van der Waals surface area contributed by atoms with Gasteiger partial charge in [0, 0.05) is 23.9 Å². The first-order valence-corrected chi connectivity index (χ1v) is 15.0. The van der Waals surface area contributed by atoms with Gasteiger partial charge in [0.2, 0.25) is 0 Å². The zero-order valence-corrected chi connectivity index (χ0v) is 24.7. The number of nitrogens with one attached hydrogen (secondary N) is 2. The molecular weight excluding hydrogens is 609 g/mol. The van der Waals surface area contributed by atoms with Crippen molar-refractivity contribution in [2.45, 2.75) is 45.0 Å². The van der Waals surface area contributed by atoms with Crippen molar-refractivity contribution in [1.82, 2.24) is 10.3 Å². The monoisotopic (exact) mass is 638 g/mol. The van der Waals surface area contributed by atoms with Crippen molar-refractivity contribution in [3.05, 3.63) is 89.5 Å². The zero-order chi connectivity index (χ0) is 32.0. The summed E-state index contributed by atoms with van der Waals surface area (Å²) in [5, 5.41) is 14.3. The van der Waals surface area contributed by atoms with Gasteiger partial charge in [0.05, 0.1) is 23.2 Å². The lowest BCUT2D eigenvalue weighted by Crippen LogP contribution is -2.34. The molecular formula is C32H29F3N4O5S. The summed E-state index contributed by atoms with van der Waals surface area (Å²) in [5.41, 5.74) is 4.41. The van der Waals surface area contributed by atoms with E-state index in [1.165, 1.54) is 29.0 Å². The number of urea groups is 1. The van der Waals surface area contributed by atoms with Gasteiger partial charge in [-0.2, -0.15) is 0 Å². The Morgan fingerprint density at radius 1 is 1.00 bits per heavy atom. The number of carboxylic acids is 1. The maximum atomic E-state index is 13.7. The molecule has 3 aromatic carbocycles. The lowest BCUT2D eigenvalue weighted by Gasteiger charge is -2.23. The van der Waals surface area contributed by atoms with Gasteiger partial charge in [-0.3, -0.25) is 19.8 Å². The van der Waals surface area contributed by atoms with Crippen molar-refractivity contribution >= 4 is 55.9 Å². The fourth-order valence-electron chi connectivity index (χ4n) is 4.88. The number of carbonyl (C=O) groups excluding carboxylic acids is 2. The molecule has 0 bridgehead atoms. The standard InChI is InChI=1S/C32H29F3N4O5S/c33-32(34,35)44-25-14-15-26-27(18-25)45-30(37-26)38-31(43)39(24-12-10-22(11-13-24)21-4-2-1-3-5-21)19-20-6-8-23(9-7-20)29(42)36-17-16-28(40)41/h4,6-15,18H,1-3,5,16-17,19H2,(H,36,42)(H,40,41)(H,37,38,43). The number of carbonyl (C=O) groups is 3. The molecule has 234 valence electrons. The van der Waals surface area contributed by atoms with Gasteiger partial charge in [-0.05, 0) is 78.8 Å². The molecule has 13 heteroatoms. The fraction of sp³-hybridized carbons (Fsp3) is 0.250. The van der Waals surface area contributed by atoms with E-state index in [2.05, 4.69) is 26.4 Å². The number of thiazole rings is 1. The highest BCUT2D eigenvalue weighted by Crippen LogP contribution is 2.33. The lowest BCUT2D eigenvalue weighted by molar-refractivity contribution is -0.274. The first-order valence-electron chi connectivity index (χ1n) is 14.2. The molecule has 1 aliphatic carbocycles. The van der Waals surface area contributed by atoms with Crippen LogP contribution in [0, 0.1) is 0 Å². The smallest absolute Gasteiger partial charge is 0.481 e. The molecule has 0 unspecified atom stereocenters. The number of hydrogen-bond acceptors (Lipinski definition) is 6. The van der Waals surface area contributed by atoms with E-state index in [1.54, 1.807) is 24.3 Å². The molecule has 0 fully saturated rings. The average Bonchev–Trinajstić information content (AvgIpc) is 3.41. The summed E-state index contributed by atoms with van der Waals surface area (Å²) in [4.78, 5) is 42.6.